The fourth-order valence-electron chi connectivity index (χ4n) is 3.68. The Morgan fingerprint density at radius 2 is 1.78 bits per heavy atom. The van der Waals surface area contributed by atoms with E-state index in [4.69, 9.17) is 4.74 Å². The molecule has 37 heavy (non-hydrogen) atoms. The second-order valence-corrected chi connectivity index (χ2v) is 8.06. The van der Waals surface area contributed by atoms with Gasteiger partial charge >= 0.3 is 6.18 Å². The van der Waals surface area contributed by atoms with E-state index >= 15 is 0 Å². The number of nitrogens with one attached hydrogen (secondary N) is 1. The number of fused-ring (bicyclic) bond motifs is 1. The van der Waals surface area contributed by atoms with Crippen molar-refractivity contribution in [2.45, 2.75) is 12.7 Å². The molecule has 0 saturated carbocycles. The second-order valence-electron chi connectivity index (χ2n) is 8.06. The Labute approximate surface area is 207 Å². The highest BCUT2D eigenvalue weighted by atomic mass is 19.4. The van der Waals surface area contributed by atoms with Crippen LogP contribution in [0.1, 0.15) is 21.7 Å². The van der Waals surface area contributed by atoms with Gasteiger partial charge in [0.15, 0.2) is 17.0 Å². The van der Waals surface area contributed by atoms with Gasteiger partial charge in [0.2, 0.25) is 0 Å². The van der Waals surface area contributed by atoms with Crippen LogP contribution >= 0.6 is 0 Å². The third-order valence-corrected chi connectivity index (χ3v) is 5.48. The molecule has 5 aromatic rings. The van der Waals surface area contributed by atoms with Gasteiger partial charge in [0.1, 0.15) is 11.6 Å². The molecular formula is C25H18F4N6O2. The van der Waals surface area contributed by atoms with Crippen LogP contribution in [0.2, 0.25) is 0 Å². The zero-order chi connectivity index (χ0) is 26.2. The van der Waals surface area contributed by atoms with Crippen LogP contribution in [0.5, 0.6) is 5.75 Å². The molecule has 8 nitrogen and oxygen atoms in total. The van der Waals surface area contributed by atoms with Gasteiger partial charge in [-0.1, -0.05) is 12.1 Å². The lowest BCUT2D eigenvalue weighted by Crippen LogP contribution is -2.15. The smallest absolute Gasteiger partial charge is 0.433 e. The summed E-state index contributed by atoms with van der Waals surface area (Å²) in [5.74, 6) is -0.542. The van der Waals surface area contributed by atoms with E-state index in [9.17, 15) is 22.4 Å². The summed E-state index contributed by atoms with van der Waals surface area (Å²) in [6.07, 6.45) is -1.82. The van der Waals surface area contributed by atoms with Crippen molar-refractivity contribution in [2.75, 3.05) is 12.4 Å². The highest BCUT2D eigenvalue weighted by Crippen LogP contribution is 2.32. The number of aromatic nitrogens is 5. The largest absolute Gasteiger partial charge is 0.497 e. The van der Waals surface area contributed by atoms with Gasteiger partial charge in [0, 0.05) is 17.8 Å². The van der Waals surface area contributed by atoms with E-state index < -0.39 is 17.8 Å². The summed E-state index contributed by atoms with van der Waals surface area (Å²) in [6, 6.07) is 14.3. The van der Waals surface area contributed by atoms with E-state index in [0.29, 0.717) is 28.1 Å². The van der Waals surface area contributed by atoms with Crippen molar-refractivity contribution >= 4 is 17.2 Å². The van der Waals surface area contributed by atoms with Crippen molar-refractivity contribution in [1.82, 2.24) is 24.4 Å². The summed E-state index contributed by atoms with van der Waals surface area (Å²) >= 11 is 0. The predicted octanol–water partition coefficient (Wildman–Crippen LogP) is 5.06. The monoisotopic (exact) mass is 510 g/mol. The molecule has 5 rings (SSSR count). The Hall–Kier alpha value is -4.74. The van der Waals surface area contributed by atoms with Gasteiger partial charge in [0.25, 0.3) is 5.91 Å². The lowest BCUT2D eigenvalue weighted by atomic mass is 10.1. The Morgan fingerprint density at radius 3 is 2.46 bits per heavy atom. The van der Waals surface area contributed by atoms with Crippen LogP contribution in [0.3, 0.4) is 0 Å². The SMILES string of the molecule is COc1ccc(-c2cc(C(F)(F)F)n3nc(C(=O)Nc4cnn(Cc5ccc(F)cc5)c4)cc3n2)cc1. The van der Waals surface area contributed by atoms with Crippen molar-refractivity contribution < 1.29 is 27.1 Å². The zero-order valence-corrected chi connectivity index (χ0v) is 19.2. The molecule has 3 heterocycles. The van der Waals surface area contributed by atoms with E-state index in [1.807, 2.05) is 0 Å². The number of benzene rings is 2. The average Bonchev–Trinajstić information content (AvgIpc) is 3.51. The van der Waals surface area contributed by atoms with Crippen LogP contribution in [0.4, 0.5) is 23.2 Å². The number of nitrogens with zero attached hydrogens (tertiary/aromatic N) is 5. The first-order valence-electron chi connectivity index (χ1n) is 10.9. The van der Waals surface area contributed by atoms with Crippen LogP contribution in [0.25, 0.3) is 16.9 Å². The molecule has 0 aliphatic heterocycles. The molecule has 188 valence electrons. The van der Waals surface area contributed by atoms with E-state index in [2.05, 4.69) is 20.5 Å². The van der Waals surface area contributed by atoms with Crippen LogP contribution in [-0.2, 0) is 12.7 Å². The highest BCUT2D eigenvalue weighted by molar-refractivity contribution is 6.03. The summed E-state index contributed by atoms with van der Waals surface area (Å²) in [4.78, 5) is 17.1. The number of hydrogen-bond donors (Lipinski definition) is 1. The number of methoxy groups -OCH3 is 1. The fourth-order valence-corrected chi connectivity index (χ4v) is 3.68. The van der Waals surface area contributed by atoms with Crippen molar-refractivity contribution in [1.29, 1.82) is 0 Å². The third kappa shape index (κ3) is 5.13. The third-order valence-electron chi connectivity index (χ3n) is 5.48. The van der Waals surface area contributed by atoms with Crippen molar-refractivity contribution in [3.63, 3.8) is 0 Å². The maximum atomic E-state index is 13.9. The van der Waals surface area contributed by atoms with Crippen LogP contribution in [0, 0.1) is 5.82 Å². The summed E-state index contributed by atoms with van der Waals surface area (Å²) in [7, 11) is 1.48. The van der Waals surface area contributed by atoms with E-state index in [0.717, 1.165) is 11.6 Å². The number of alkyl halides is 3. The quantitative estimate of drug-likeness (QED) is 0.323. The first-order valence-corrected chi connectivity index (χ1v) is 10.9. The number of amides is 1. The van der Waals surface area contributed by atoms with Gasteiger partial charge in [0.05, 0.1) is 31.2 Å². The number of ether oxygens (including phenoxy) is 1. The lowest BCUT2D eigenvalue weighted by Gasteiger charge is -2.11. The van der Waals surface area contributed by atoms with Crippen molar-refractivity contribution in [3.8, 4) is 17.0 Å². The molecule has 0 radical (unpaired) electrons. The summed E-state index contributed by atoms with van der Waals surface area (Å²) in [6.45, 7) is 0.331. The second kappa shape index (κ2) is 9.37. The maximum Gasteiger partial charge on any atom is 0.433 e. The minimum atomic E-state index is -4.75. The molecule has 0 unspecified atom stereocenters. The Morgan fingerprint density at radius 1 is 1.05 bits per heavy atom. The average molecular weight is 510 g/mol. The summed E-state index contributed by atoms with van der Waals surface area (Å²) in [5.41, 5.74) is 0.141. The molecule has 0 fully saturated rings. The molecule has 2 aromatic carbocycles. The lowest BCUT2D eigenvalue weighted by molar-refractivity contribution is -0.142. The van der Waals surface area contributed by atoms with Crippen LogP contribution in [-0.4, -0.2) is 37.4 Å². The van der Waals surface area contributed by atoms with Crippen LogP contribution in [0.15, 0.2) is 73.1 Å². The Balaban J connectivity index is 1.41. The number of rotatable bonds is 6. The Kier molecular flexibility index (Phi) is 6.07. The molecule has 0 aliphatic rings. The molecule has 12 heteroatoms. The van der Waals surface area contributed by atoms with Gasteiger partial charge in [-0.15, -0.1) is 0 Å². The first kappa shape index (κ1) is 24.0. The molecule has 0 bridgehead atoms. The first-order chi connectivity index (χ1) is 17.7. The highest BCUT2D eigenvalue weighted by Gasteiger charge is 2.35. The minimum absolute atomic E-state index is 0.0661. The molecule has 0 aliphatic carbocycles. The fraction of sp³-hybridized carbons (Fsp3) is 0.120. The van der Waals surface area contributed by atoms with E-state index in [1.54, 1.807) is 36.4 Å². The zero-order valence-electron chi connectivity index (χ0n) is 19.2. The molecular weight excluding hydrogens is 492 g/mol. The van der Waals surface area contributed by atoms with Gasteiger partial charge in [-0.25, -0.2) is 13.9 Å². The molecule has 1 amide bonds. The van der Waals surface area contributed by atoms with Gasteiger partial charge in [-0.05, 0) is 48.0 Å². The Bertz CT molecular complexity index is 1570. The van der Waals surface area contributed by atoms with Gasteiger partial charge in [-0.2, -0.15) is 23.4 Å². The molecule has 0 atom stereocenters. The number of carbonyl (C=O) groups excluding carboxylic acids is 1. The maximum absolute atomic E-state index is 13.9. The summed E-state index contributed by atoms with van der Waals surface area (Å²) < 4.78 is 61.9. The number of halogens is 4. The van der Waals surface area contributed by atoms with Gasteiger partial charge < -0.3 is 10.1 Å². The van der Waals surface area contributed by atoms with Gasteiger partial charge in [-0.3, -0.25) is 9.48 Å². The number of anilines is 1. The molecule has 1 N–H and O–H groups in total. The molecule has 0 spiro atoms. The number of hydrogen-bond acceptors (Lipinski definition) is 5. The van der Waals surface area contributed by atoms with Crippen LogP contribution < -0.4 is 10.1 Å². The molecule has 0 saturated heterocycles. The van der Waals surface area contributed by atoms with Crippen molar-refractivity contribution in [3.05, 3.63) is 95.8 Å². The molecule has 3 aromatic heterocycles. The normalized spacial score (nSPS) is 11.6. The topological polar surface area (TPSA) is 86.3 Å². The standard InChI is InChI=1S/C25H18F4N6O2/c1-37-19-8-4-16(5-9-19)20-10-22(25(27,28)29)35-23(32-20)11-21(33-35)24(36)31-18-12-30-34(14-18)13-15-2-6-17(26)7-3-15/h2-12,14H,13H2,1H3,(H,31,36). The van der Waals surface area contributed by atoms with Crippen molar-refractivity contribution in [2.24, 2.45) is 0 Å². The predicted molar refractivity (Wildman–Crippen MR) is 126 cm³/mol. The minimum Gasteiger partial charge on any atom is -0.497 e. The number of carbonyl (C=O) groups is 1. The van der Waals surface area contributed by atoms with E-state index in [1.165, 1.54) is 42.4 Å². The summed E-state index contributed by atoms with van der Waals surface area (Å²) in [5, 5.41) is 10.6. The van der Waals surface area contributed by atoms with E-state index in [-0.39, 0.29) is 22.9 Å².